The lowest BCUT2D eigenvalue weighted by Gasteiger charge is -2.28. The van der Waals surface area contributed by atoms with Gasteiger partial charge >= 0.3 is 0 Å². The average molecular weight is 283 g/mol. The summed E-state index contributed by atoms with van der Waals surface area (Å²) in [6.07, 6.45) is 7.40. The minimum atomic E-state index is 0.819. The highest BCUT2D eigenvalue weighted by Crippen LogP contribution is 2.29. The standard InChI is InChI=1S/C13H19BrN2/c1-10-4-2-3-5-11(10)8-15-13-7-6-12(14)9-16-13/h6-7,9-11H,2-5,8H2,1H3,(H,15,16). The molecule has 0 saturated heterocycles. The molecule has 2 atom stereocenters. The molecular formula is C13H19BrN2. The van der Waals surface area contributed by atoms with Crippen LogP contribution in [0, 0.1) is 11.8 Å². The van der Waals surface area contributed by atoms with Gasteiger partial charge in [0.2, 0.25) is 0 Å². The van der Waals surface area contributed by atoms with E-state index >= 15 is 0 Å². The van der Waals surface area contributed by atoms with E-state index in [1.54, 1.807) is 0 Å². The first-order valence-electron chi connectivity index (χ1n) is 6.11. The molecule has 0 amide bonds. The van der Waals surface area contributed by atoms with Crippen molar-refractivity contribution in [1.82, 2.24) is 4.98 Å². The maximum atomic E-state index is 4.33. The third-order valence-electron chi connectivity index (χ3n) is 3.56. The molecule has 1 aliphatic carbocycles. The highest BCUT2D eigenvalue weighted by molar-refractivity contribution is 9.10. The van der Waals surface area contributed by atoms with E-state index in [9.17, 15) is 0 Å². The molecule has 2 rings (SSSR count). The van der Waals surface area contributed by atoms with Gasteiger partial charge in [0.05, 0.1) is 0 Å². The zero-order valence-corrected chi connectivity index (χ0v) is 11.3. The van der Waals surface area contributed by atoms with Crippen LogP contribution >= 0.6 is 15.9 Å². The van der Waals surface area contributed by atoms with Gasteiger partial charge in [-0.05, 0) is 46.3 Å². The maximum absolute atomic E-state index is 4.33. The van der Waals surface area contributed by atoms with Crippen molar-refractivity contribution < 1.29 is 0 Å². The van der Waals surface area contributed by atoms with Gasteiger partial charge in [0.15, 0.2) is 0 Å². The Morgan fingerprint density at radius 2 is 2.19 bits per heavy atom. The van der Waals surface area contributed by atoms with Crippen molar-refractivity contribution in [2.24, 2.45) is 11.8 Å². The van der Waals surface area contributed by atoms with Crippen LogP contribution in [0.15, 0.2) is 22.8 Å². The van der Waals surface area contributed by atoms with Crippen molar-refractivity contribution in [1.29, 1.82) is 0 Å². The fourth-order valence-electron chi connectivity index (χ4n) is 2.41. The second kappa shape index (κ2) is 5.67. The van der Waals surface area contributed by atoms with E-state index in [1.807, 2.05) is 18.3 Å². The van der Waals surface area contributed by atoms with Gasteiger partial charge in [-0.25, -0.2) is 4.98 Å². The molecule has 2 unspecified atom stereocenters. The van der Waals surface area contributed by atoms with Crippen molar-refractivity contribution >= 4 is 21.7 Å². The Labute approximate surface area is 106 Å². The lowest BCUT2D eigenvalue weighted by atomic mass is 9.80. The van der Waals surface area contributed by atoms with Crippen molar-refractivity contribution in [2.75, 3.05) is 11.9 Å². The van der Waals surface area contributed by atoms with Crippen LogP contribution in [0.4, 0.5) is 5.82 Å². The largest absolute Gasteiger partial charge is 0.370 e. The number of halogens is 1. The molecule has 0 radical (unpaired) electrons. The van der Waals surface area contributed by atoms with Crippen molar-refractivity contribution in [3.63, 3.8) is 0 Å². The van der Waals surface area contributed by atoms with Crippen molar-refractivity contribution in [3.05, 3.63) is 22.8 Å². The van der Waals surface area contributed by atoms with Crippen molar-refractivity contribution in [3.8, 4) is 0 Å². The Bertz CT molecular complexity index is 323. The maximum Gasteiger partial charge on any atom is 0.125 e. The van der Waals surface area contributed by atoms with Crippen LogP contribution in [0.25, 0.3) is 0 Å². The van der Waals surface area contributed by atoms with E-state index in [1.165, 1.54) is 25.7 Å². The number of hydrogen-bond donors (Lipinski definition) is 1. The van der Waals surface area contributed by atoms with E-state index in [4.69, 9.17) is 0 Å². The fourth-order valence-corrected chi connectivity index (χ4v) is 2.65. The smallest absolute Gasteiger partial charge is 0.125 e. The number of anilines is 1. The molecule has 0 bridgehead atoms. The quantitative estimate of drug-likeness (QED) is 0.904. The van der Waals surface area contributed by atoms with Crippen molar-refractivity contribution in [2.45, 2.75) is 32.6 Å². The minimum Gasteiger partial charge on any atom is -0.370 e. The second-order valence-corrected chi connectivity index (χ2v) is 5.68. The van der Waals surface area contributed by atoms with Gasteiger partial charge in [0.1, 0.15) is 5.82 Å². The van der Waals surface area contributed by atoms with Crippen LogP contribution in [-0.2, 0) is 0 Å². The number of aromatic nitrogens is 1. The third-order valence-corrected chi connectivity index (χ3v) is 4.03. The average Bonchev–Trinajstić information content (AvgIpc) is 2.30. The van der Waals surface area contributed by atoms with Gasteiger partial charge in [-0.15, -0.1) is 0 Å². The van der Waals surface area contributed by atoms with Crippen LogP contribution in [0.5, 0.6) is 0 Å². The van der Waals surface area contributed by atoms with Gasteiger partial charge in [-0.1, -0.05) is 26.2 Å². The first-order chi connectivity index (χ1) is 7.75. The Morgan fingerprint density at radius 3 is 2.88 bits per heavy atom. The molecular weight excluding hydrogens is 264 g/mol. The minimum absolute atomic E-state index is 0.819. The monoisotopic (exact) mass is 282 g/mol. The second-order valence-electron chi connectivity index (χ2n) is 4.76. The Morgan fingerprint density at radius 1 is 1.38 bits per heavy atom. The number of pyridine rings is 1. The van der Waals surface area contributed by atoms with Gasteiger partial charge < -0.3 is 5.32 Å². The molecule has 1 N–H and O–H groups in total. The van der Waals surface area contributed by atoms with Crippen LogP contribution in [0.1, 0.15) is 32.6 Å². The molecule has 1 fully saturated rings. The molecule has 1 aromatic heterocycles. The first-order valence-corrected chi connectivity index (χ1v) is 6.90. The molecule has 1 aromatic rings. The summed E-state index contributed by atoms with van der Waals surface area (Å²) in [4.78, 5) is 4.33. The van der Waals surface area contributed by atoms with Crippen LogP contribution < -0.4 is 5.32 Å². The zero-order valence-electron chi connectivity index (χ0n) is 9.75. The Balaban J connectivity index is 1.84. The van der Waals surface area contributed by atoms with E-state index in [0.717, 1.165) is 28.7 Å². The lowest BCUT2D eigenvalue weighted by molar-refractivity contribution is 0.268. The lowest BCUT2D eigenvalue weighted by Crippen LogP contribution is -2.24. The summed E-state index contributed by atoms with van der Waals surface area (Å²) < 4.78 is 1.03. The van der Waals surface area contributed by atoms with Crippen LogP contribution in [0.3, 0.4) is 0 Å². The fraction of sp³-hybridized carbons (Fsp3) is 0.615. The van der Waals surface area contributed by atoms with E-state index in [0.29, 0.717) is 0 Å². The van der Waals surface area contributed by atoms with Gasteiger partial charge in [-0.3, -0.25) is 0 Å². The molecule has 16 heavy (non-hydrogen) atoms. The molecule has 0 aliphatic heterocycles. The summed E-state index contributed by atoms with van der Waals surface area (Å²) in [7, 11) is 0. The summed E-state index contributed by atoms with van der Waals surface area (Å²) in [5.41, 5.74) is 0. The third kappa shape index (κ3) is 3.21. The molecule has 1 saturated carbocycles. The summed E-state index contributed by atoms with van der Waals surface area (Å²) in [5.74, 6) is 2.66. The topological polar surface area (TPSA) is 24.9 Å². The van der Waals surface area contributed by atoms with Crippen LogP contribution in [-0.4, -0.2) is 11.5 Å². The Hall–Kier alpha value is -0.570. The van der Waals surface area contributed by atoms with E-state index in [-0.39, 0.29) is 0 Å². The van der Waals surface area contributed by atoms with Gasteiger partial charge in [0.25, 0.3) is 0 Å². The summed E-state index contributed by atoms with van der Waals surface area (Å²) >= 11 is 3.39. The zero-order chi connectivity index (χ0) is 11.4. The predicted molar refractivity (Wildman–Crippen MR) is 71.5 cm³/mol. The summed E-state index contributed by atoms with van der Waals surface area (Å²) in [6.45, 7) is 3.44. The molecule has 0 spiro atoms. The van der Waals surface area contributed by atoms with Gasteiger partial charge in [-0.2, -0.15) is 0 Å². The number of nitrogens with one attached hydrogen (secondary N) is 1. The molecule has 1 heterocycles. The molecule has 3 heteroatoms. The SMILES string of the molecule is CC1CCCCC1CNc1ccc(Br)cn1. The van der Waals surface area contributed by atoms with E-state index < -0.39 is 0 Å². The molecule has 0 aromatic carbocycles. The first kappa shape index (κ1) is 11.9. The summed E-state index contributed by atoms with van der Waals surface area (Å²) in [5, 5.41) is 3.44. The predicted octanol–water partition coefficient (Wildman–Crippen LogP) is 4.08. The number of rotatable bonds is 3. The number of hydrogen-bond acceptors (Lipinski definition) is 2. The molecule has 88 valence electrons. The van der Waals surface area contributed by atoms with Crippen LogP contribution in [0.2, 0.25) is 0 Å². The number of nitrogens with zero attached hydrogens (tertiary/aromatic N) is 1. The van der Waals surface area contributed by atoms with E-state index in [2.05, 4.69) is 33.2 Å². The normalized spacial score (nSPS) is 25.4. The highest BCUT2D eigenvalue weighted by Gasteiger charge is 2.20. The molecule has 2 nitrogen and oxygen atoms in total. The Kier molecular flexibility index (Phi) is 4.22. The highest BCUT2D eigenvalue weighted by atomic mass is 79.9. The van der Waals surface area contributed by atoms with Gasteiger partial charge in [0, 0.05) is 17.2 Å². The molecule has 1 aliphatic rings. The summed E-state index contributed by atoms with van der Waals surface area (Å²) in [6, 6.07) is 4.05.